The van der Waals surface area contributed by atoms with Crippen LogP contribution in [0.15, 0.2) is 42.5 Å². The fourth-order valence-electron chi connectivity index (χ4n) is 4.15. The first-order valence-electron chi connectivity index (χ1n) is 9.54. The molecule has 3 aromatic carbocycles. The number of rotatable bonds is 3. The van der Waals surface area contributed by atoms with Crippen LogP contribution in [-0.2, 0) is 19.3 Å². The molecule has 152 valence electrons. The molecule has 1 aliphatic rings. The molecule has 0 saturated carbocycles. The molecule has 6 heteroatoms. The minimum absolute atomic E-state index is 0.161. The predicted molar refractivity (Wildman–Crippen MR) is 101 cm³/mol. The molecule has 0 amide bonds. The highest BCUT2D eigenvalue weighted by Gasteiger charge is 2.34. The van der Waals surface area contributed by atoms with Crippen LogP contribution in [0.3, 0.4) is 0 Å². The summed E-state index contributed by atoms with van der Waals surface area (Å²) in [7, 11) is 0. The van der Waals surface area contributed by atoms with Crippen molar-refractivity contribution in [1.82, 2.24) is 0 Å². The smallest absolute Gasteiger partial charge is 0.403 e. The Morgan fingerprint density at radius 3 is 2.52 bits per heavy atom. The molecule has 1 nitrogen and oxygen atoms in total. The van der Waals surface area contributed by atoms with Crippen LogP contribution in [0, 0.1) is 11.6 Å². The van der Waals surface area contributed by atoms with Crippen molar-refractivity contribution in [3.05, 3.63) is 76.4 Å². The minimum atomic E-state index is -4.95. The molecule has 0 aromatic heterocycles. The zero-order valence-electron chi connectivity index (χ0n) is 15.7. The van der Waals surface area contributed by atoms with E-state index in [1.807, 2.05) is 25.1 Å². The van der Waals surface area contributed by atoms with Crippen LogP contribution < -0.4 is 4.74 Å². The number of aryl methyl sites for hydroxylation is 1. The van der Waals surface area contributed by atoms with E-state index in [9.17, 15) is 17.6 Å². The van der Waals surface area contributed by atoms with E-state index in [0.717, 1.165) is 23.4 Å². The highest BCUT2D eigenvalue weighted by Crippen LogP contribution is 2.39. The average molecular weight is 406 g/mol. The lowest BCUT2D eigenvalue weighted by atomic mass is 9.79. The fourth-order valence-corrected chi connectivity index (χ4v) is 4.15. The quantitative estimate of drug-likeness (QED) is 0.432. The van der Waals surface area contributed by atoms with Crippen molar-refractivity contribution in [3.63, 3.8) is 0 Å². The summed E-state index contributed by atoms with van der Waals surface area (Å²) in [6.07, 6.45) is -3.03. The average Bonchev–Trinajstić information content (AvgIpc) is 2.69. The Balaban J connectivity index is 1.65. The fraction of sp³-hybridized carbons (Fsp3) is 0.304. The van der Waals surface area contributed by atoms with Crippen LogP contribution >= 0.6 is 0 Å². The lowest BCUT2D eigenvalue weighted by molar-refractivity contribution is -0.275. The Morgan fingerprint density at radius 1 is 1.00 bits per heavy atom. The zero-order chi connectivity index (χ0) is 20.8. The maximum atomic E-state index is 15.2. The lowest BCUT2D eigenvalue weighted by Crippen LogP contribution is -2.20. The summed E-state index contributed by atoms with van der Waals surface area (Å²) in [5, 5.41) is 1.38. The molecule has 0 radical (unpaired) electrons. The van der Waals surface area contributed by atoms with Crippen LogP contribution in [-0.4, -0.2) is 6.36 Å². The van der Waals surface area contributed by atoms with Gasteiger partial charge in [-0.25, -0.2) is 8.78 Å². The van der Waals surface area contributed by atoms with Crippen molar-refractivity contribution in [1.29, 1.82) is 0 Å². The maximum Gasteiger partial charge on any atom is 0.573 e. The van der Waals surface area contributed by atoms with Gasteiger partial charge in [0.25, 0.3) is 0 Å². The summed E-state index contributed by atoms with van der Waals surface area (Å²) in [5.41, 5.74) is 2.50. The van der Waals surface area contributed by atoms with Crippen LogP contribution in [0.25, 0.3) is 10.8 Å². The first kappa shape index (κ1) is 19.7. The van der Waals surface area contributed by atoms with E-state index in [1.165, 1.54) is 6.07 Å². The first-order chi connectivity index (χ1) is 13.8. The van der Waals surface area contributed by atoms with Crippen LogP contribution in [0.5, 0.6) is 5.75 Å². The normalized spacial score (nSPS) is 16.7. The van der Waals surface area contributed by atoms with E-state index < -0.39 is 17.9 Å². The Kier molecular flexibility index (Phi) is 4.97. The third-order valence-electron chi connectivity index (χ3n) is 5.64. The van der Waals surface area contributed by atoms with Gasteiger partial charge in [0.05, 0.1) is 0 Å². The van der Waals surface area contributed by atoms with Crippen LogP contribution in [0.2, 0.25) is 0 Å². The molecule has 0 aliphatic heterocycles. The van der Waals surface area contributed by atoms with Gasteiger partial charge >= 0.3 is 6.36 Å². The molecule has 1 aliphatic carbocycles. The summed E-state index contributed by atoms with van der Waals surface area (Å²) in [4.78, 5) is 0. The zero-order valence-corrected chi connectivity index (χ0v) is 15.7. The van der Waals surface area contributed by atoms with Gasteiger partial charge < -0.3 is 4.74 Å². The predicted octanol–water partition coefficient (Wildman–Crippen LogP) is 6.85. The molecule has 0 spiro atoms. The number of halogens is 5. The lowest BCUT2D eigenvalue weighted by Gasteiger charge is -2.27. The molecule has 1 atom stereocenters. The third-order valence-corrected chi connectivity index (χ3v) is 5.64. The second-order valence-corrected chi connectivity index (χ2v) is 7.38. The SMILES string of the molecule is CCc1ccc2c(F)c(C3CCc4c(ccc(OC(F)(F)F)c4F)C3)ccc2c1. The Bertz CT molecular complexity index is 1070. The molecule has 0 N–H and O–H groups in total. The largest absolute Gasteiger partial charge is 0.573 e. The summed E-state index contributed by atoms with van der Waals surface area (Å²) in [6.45, 7) is 2.04. The van der Waals surface area contributed by atoms with Gasteiger partial charge in [-0.05, 0) is 65.3 Å². The number of fused-ring (bicyclic) bond motifs is 2. The van der Waals surface area contributed by atoms with Gasteiger partial charge in [-0.1, -0.05) is 43.3 Å². The molecule has 0 fully saturated rings. The number of ether oxygens (including phenoxy) is 1. The number of benzene rings is 3. The van der Waals surface area contributed by atoms with E-state index in [0.29, 0.717) is 29.4 Å². The molecular weight excluding hydrogens is 387 g/mol. The number of hydrogen-bond donors (Lipinski definition) is 0. The summed E-state index contributed by atoms with van der Waals surface area (Å²) < 4.78 is 70.7. The van der Waals surface area contributed by atoms with E-state index >= 15 is 4.39 Å². The van der Waals surface area contributed by atoms with E-state index in [2.05, 4.69) is 4.74 Å². The van der Waals surface area contributed by atoms with Gasteiger partial charge in [0.1, 0.15) is 5.82 Å². The number of hydrogen-bond acceptors (Lipinski definition) is 1. The van der Waals surface area contributed by atoms with E-state index in [1.54, 1.807) is 12.1 Å². The van der Waals surface area contributed by atoms with Gasteiger partial charge in [-0.15, -0.1) is 13.2 Å². The van der Waals surface area contributed by atoms with Gasteiger partial charge in [-0.3, -0.25) is 0 Å². The maximum absolute atomic E-state index is 15.2. The second kappa shape index (κ2) is 7.32. The Morgan fingerprint density at radius 2 is 1.79 bits per heavy atom. The Labute approximate surface area is 165 Å². The van der Waals surface area contributed by atoms with Crippen molar-refractivity contribution in [2.24, 2.45) is 0 Å². The monoisotopic (exact) mass is 406 g/mol. The topological polar surface area (TPSA) is 9.23 Å². The van der Waals surface area contributed by atoms with E-state index in [-0.39, 0.29) is 23.7 Å². The molecular formula is C23H19F5O. The van der Waals surface area contributed by atoms with Crippen molar-refractivity contribution < 1.29 is 26.7 Å². The molecule has 3 aromatic rings. The molecule has 4 rings (SSSR count). The van der Waals surface area contributed by atoms with Crippen molar-refractivity contribution >= 4 is 10.8 Å². The van der Waals surface area contributed by atoms with Gasteiger partial charge in [-0.2, -0.15) is 0 Å². The van der Waals surface area contributed by atoms with Crippen LogP contribution in [0.1, 0.15) is 41.5 Å². The summed E-state index contributed by atoms with van der Waals surface area (Å²) in [6, 6.07) is 11.8. The standard InChI is InChI=1S/C23H19F5O/c1-2-13-3-7-17-14(11-13)4-8-18(21(17)24)15-5-9-19-16(12-15)6-10-20(22(19)25)29-23(26,27)28/h3-4,6-8,10-11,15H,2,5,9,12H2,1H3. The minimum Gasteiger partial charge on any atom is -0.403 e. The van der Waals surface area contributed by atoms with Crippen molar-refractivity contribution in [2.75, 3.05) is 0 Å². The summed E-state index contributed by atoms with van der Waals surface area (Å²) >= 11 is 0. The second-order valence-electron chi connectivity index (χ2n) is 7.38. The molecule has 29 heavy (non-hydrogen) atoms. The molecule has 0 bridgehead atoms. The molecule has 1 unspecified atom stereocenters. The van der Waals surface area contributed by atoms with Crippen molar-refractivity contribution in [3.8, 4) is 5.75 Å². The number of alkyl halides is 3. The third kappa shape index (κ3) is 3.80. The Hall–Kier alpha value is -2.63. The summed E-state index contributed by atoms with van der Waals surface area (Å²) in [5.74, 6) is -2.25. The van der Waals surface area contributed by atoms with Crippen molar-refractivity contribution in [2.45, 2.75) is 44.9 Å². The first-order valence-corrected chi connectivity index (χ1v) is 9.54. The molecule has 0 saturated heterocycles. The van der Waals surface area contributed by atoms with Gasteiger partial charge in [0.15, 0.2) is 11.6 Å². The molecule has 0 heterocycles. The van der Waals surface area contributed by atoms with E-state index in [4.69, 9.17) is 0 Å². The van der Waals surface area contributed by atoms with Gasteiger partial charge in [0, 0.05) is 5.39 Å². The van der Waals surface area contributed by atoms with Crippen LogP contribution in [0.4, 0.5) is 22.0 Å². The highest BCUT2D eigenvalue weighted by molar-refractivity contribution is 5.84. The van der Waals surface area contributed by atoms with Gasteiger partial charge in [0.2, 0.25) is 0 Å². The highest BCUT2D eigenvalue weighted by atomic mass is 19.4.